The summed E-state index contributed by atoms with van der Waals surface area (Å²) in [6.07, 6.45) is 0.786. The Labute approximate surface area is 164 Å². The van der Waals surface area contributed by atoms with Crippen LogP contribution in [0.5, 0.6) is 0 Å². The molecule has 127 valence electrons. The second-order valence-electron chi connectivity index (χ2n) is 6.25. The molecule has 0 spiro atoms. The molecule has 1 N–H and O–H groups in total. The number of hydrogen-bond acceptors (Lipinski definition) is 1. The first-order valence-corrected chi connectivity index (χ1v) is 7.25. The van der Waals surface area contributed by atoms with E-state index in [0.29, 0.717) is 5.92 Å². The van der Waals surface area contributed by atoms with Gasteiger partial charge in [-0.15, -0.1) is 0 Å². The summed E-state index contributed by atoms with van der Waals surface area (Å²) in [5.74, 6) is 0.515. The molecule has 0 bridgehead atoms. The van der Waals surface area contributed by atoms with Crippen molar-refractivity contribution in [2.45, 2.75) is 53.6 Å². The van der Waals surface area contributed by atoms with Gasteiger partial charge in [-0.2, -0.15) is 36.4 Å². The third-order valence-electron chi connectivity index (χ3n) is 4.04. The normalized spacial score (nSPS) is 16.6. The first-order chi connectivity index (χ1) is 9.24. The second kappa shape index (κ2) is 12.0. The standard InChI is InChI=1S/C13H22O.C6H5.2CH3.Zr/c1-8-9(2)11(4)12(10(8)3)7-13(5,6)14;1-2-4-6-5-3-1;;;/h10,14H,7H2,1-6H3;1-5H;2*1H3;/q;3*-1;+3. The van der Waals surface area contributed by atoms with E-state index in [9.17, 15) is 5.11 Å². The van der Waals surface area contributed by atoms with Crippen LogP contribution >= 0.6 is 0 Å². The third-order valence-corrected chi connectivity index (χ3v) is 4.04. The van der Waals surface area contributed by atoms with Gasteiger partial charge in [0, 0.05) is 0 Å². The molecule has 2 heteroatoms. The Morgan fingerprint density at radius 2 is 1.48 bits per heavy atom. The molecule has 0 saturated heterocycles. The van der Waals surface area contributed by atoms with Crippen LogP contribution in [0, 0.1) is 26.8 Å². The number of rotatable bonds is 2. The van der Waals surface area contributed by atoms with Gasteiger partial charge in [0.05, 0.1) is 5.60 Å². The smallest absolute Gasteiger partial charge is 0.390 e. The molecule has 0 fully saturated rings. The second-order valence-corrected chi connectivity index (χ2v) is 6.25. The fourth-order valence-electron chi connectivity index (χ4n) is 2.54. The summed E-state index contributed by atoms with van der Waals surface area (Å²) in [6, 6.07) is 12.5. The quantitative estimate of drug-likeness (QED) is 0.627. The van der Waals surface area contributed by atoms with Crippen LogP contribution in [0.1, 0.15) is 48.0 Å². The van der Waals surface area contributed by atoms with Crippen molar-refractivity contribution in [3.63, 3.8) is 0 Å². The Bertz CT molecular complexity index is 466. The van der Waals surface area contributed by atoms with Crippen molar-refractivity contribution in [3.05, 3.63) is 73.5 Å². The predicted molar refractivity (Wildman–Crippen MR) is 99.3 cm³/mol. The summed E-state index contributed by atoms with van der Waals surface area (Å²) in [4.78, 5) is 0. The van der Waals surface area contributed by atoms with Gasteiger partial charge in [-0.25, -0.2) is 0 Å². The van der Waals surface area contributed by atoms with E-state index >= 15 is 0 Å². The molecule has 23 heavy (non-hydrogen) atoms. The molecule has 1 radical (unpaired) electrons. The summed E-state index contributed by atoms with van der Waals surface area (Å²) < 4.78 is 0. The molecule has 1 aromatic carbocycles. The monoisotopic (exact) mass is 391 g/mol. The van der Waals surface area contributed by atoms with Crippen LogP contribution < -0.4 is 0 Å². The molecule has 0 aromatic heterocycles. The molecule has 2 rings (SSSR count). The molecule has 0 saturated carbocycles. The van der Waals surface area contributed by atoms with Crippen LogP contribution in [0.3, 0.4) is 0 Å². The molecule has 0 heterocycles. The molecule has 1 atom stereocenters. The predicted octanol–water partition coefficient (Wildman–Crippen LogP) is 5.83. The Kier molecular flexibility index (Phi) is 14.3. The maximum absolute atomic E-state index is 9.83. The zero-order chi connectivity index (χ0) is 15.3. The van der Waals surface area contributed by atoms with Crippen LogP contribution in [-0.4, -0.2) is 10.7 Å². The van der Waals surface area contributed by atoms with Crippen LogP contribution in [0.15, 0.2) is 52.6 Å². The van der Waals surface area contributed by atoms with Crippen LogP contribution in [0.25, 0.3) is 0 Å². The average molecular weight is 393 g/mol. The molecule has 0 aliphatic heterocycles. The van der Waals surface area contributed by atoms with Crippen molar-refractivity contribution in [3.8, 4) is 0 Å². The van der Waals surface area contributed by atoms with Crippen molar-refractivity contribution in [1.29, 1.82) is 0 Å². The van der Waals surface area contributed by atoms with Gasteiger partial charge in [0.1, 0.15) is 0 Å². The third kappa shape index (κ3) is 8.82. The Morgan fingerprint density at radius 3 is 1.70 bits per heavy atom. The molecule has 1 nitrogen and oxygen atoms in total. The van der Waals surface area contributed by atoms with Gasteiger partial charge in [-0.3, -0.25) is 0 Å². The van der Waals surface area contributed by atoms with E-state index in [1.807, 2.05) is 44.2 Å². The molecular formula is C21H33OZr. The van der Waals surface area contributed by atoms with Crippen molar-refractivity contribution in [2.75, 3.05) is 0 Å². The first-order valence-electron chi connectivity index (χ1n) is 7.25. The van der Waals surface area contributed by atoms with Crippen molar-refractivity contribution >= 4 is 0 Å². The van der Waals surface area contributed by atoms with Gasteiger partial charge in [0.15, 0.2) is 0 Å². The summed E-state index contributed by atoms with van der Waals surface area (Å²) in [5, 5.41) is 9.83. The minimum atomic E-state index is -0.588. The fourth-order valence-corrected chi connectivity index (χ4v) is 2.54. The van der Waals surface area contributed by atoms with E-state index < -0.39 is 5.60 Å². The summed E-state index contributed by atoms with van der Waals surface area (Å²) >= 11 is 0. The number of benzene rings is 1. The number of hydrogen-bond donors (Lipinski definition) is 1. The Balaban J connectivity index is -0.000000382. The van der Waals surface area contributed by atoms with Crippen molar-refractivity contribution < 1.29 is 31.3 Å². The van der Waals surface area contributed by atoms with Crippen LogP contribution in [0.4, 0.5) is 0 Å². The zero-order valence-electron chi connectivity index (χ0n) is 16.1. The molecule has 1 aromatic rings. The first kappa shape index (κ1) is 27.4. The van der Waals surface area contributed by atoms with E-state index in [2.05, 4.69) is 33.8 Å². The summed E-state index contributed by atoms with van der Waals surface area (Å²) in [6.45, 7) is 12.5. The van der Waals surface area contributed by atoms with Crippen LogP contribution in [-0.2, 0) is 26.2 Å². The van der Waals surface area contributed by atoms with Crippen molar-refractivity contribution in [2.24, 2.45) is 5.92 Å². The van der Waals surface area contributed by atoms with Gasteiger partial charge in [-0.05, 0) is 58.1 Å². The number of allylic oxidation sites excluding steroid dienone is 3. The Morgan fingerprint density at radius 1 is 1.00 bits per heavy atom. The minimum Gasteiger partial charge on any atom is -0.390 e. The minimum absolute atomic E-state index is 0. The van der Waals surface area contributed by atoms with Gasteiger partial charge in [0.2, 0.25) is 0 Å². The maximum atomic E-state index is 9.83. The van der Waals surface area contributed by atoms with Gasteiger partial charge in [-0.1, -0.05) is 18.1 Å². The molecule has 1 aliphatic carbocycles. The average Bonchev–Trinajstić information content (AvgIpc) is 2.58. The molecule has 0 amide bonds. The summed E-state index contributed by atoms with van der Waals surface area (Å²) in [5.41, 5.74) is 5.08. The maximum Gasteiger partial charge on any atom is 3.00 e. The largest absolute Gasteiger partial charge is 3.00 e. The van der Waals surface area contributed by atoms with E-state index in [4.69, 9.17) is 0 Å². The van der Waals surface area contributed by atoms with Gasteiger partial charge in [0.25, 0.3) is 0 Å². The topological polar surface area (TPSA) is 20.2 Å². The van der Waals surface area contributed by atoms with Gasteiger partial charge >= 0.3 is 26.2 Å². The van der Waals surface area contributed by atoms with Crippen molar-refractivity contribution in [1.82, 2.24) is 0 Å². The molecule has 1 unspecified atom stereocenters. The van der Waals surface area contributed by atoms with E-state index in [0.717, 1.165) is 6.42 Å². The van der Waals surface area contributed by atoms with E-state index in [1.54, 1.807) is 0 Å². The van der Waals surface area contributed by atoms with E-state index in [1.165, 1.54) is 22.3 Å². The SMILES string of the molecule is CC1=C(C)C(C)C(CC(C)(C)O)=C1C.[CH3-].[CH3-].[Zr+3].[c-]1ccccc1. The molecule has 1 aliphatic rings. The van der Waals surface area contributed by atoms with Gasteiger partial charge < -0.3 is 20.0 Å². The van der Waals surface area contributed by atoms with E-state index in [-0.39, 0.29) is 41.1 Å². The fraction of sp³-hybridized carbons (Fsp3) is 0.429. The van der Waals surface area contributed by atoms with Crippen LogP contribution in [0.2, 0.25) is 0 Å². The zero-order valence-corrected chi connectivity index (χ0v) is 18.6. The summed E-state index contributed by atoms with van der Waals surface area (Å²) in [7, 11) is 0. The Hall–Kier alpha value is -0.457. The number of aliphatic hydroxyl groups is 1. The molecular weight excluding hydrogens is 359 g/mol.